The molecule has 17 heavy (non-hydrogen) atoms. The van der Waals surface area contributed by atoms with Gasteiger partial charge in [-0.2, -0.15) is 9.90 Å². The van der Waals surface area contributed by atoms with Crippen LogP contribution in [0.4, 0.5) is 0 Å². The lowest BCUT2D eigenvalue weighted by molar-refractivity contribution is 0.0687. The molecule has 1 fully saturated rings. The van der Waals surface area contributed by atoms with Crippen LogP contribution in [0, 0.1) is 0 Å². The molecule has 0 aliphatic heterocycles. The van der Waals surface area contributed by atoms with E-state index in [4.69, 9.17) is 0 Å². The van der Waals surface area contributed by atoms with Gasteiger partial charge < -0.3 is 5.11 Å². The zero-order valence-corrected chi connectivity index (χ0v) is 10.4. The van der Waals surface area contributed by atoms with Crippen LogP contribution in [0.1, 0.15) is 74.1 Å². The third-order valence-electron chi connectivity index (χ3n) is 3.31. The van der Waals surface area contributed by atoms with Gasteiger partial charge in [-0.25, -0.2) is 4.79 Å². The van der Waals surface area contributed by atoms with Crippen LogP contribution in [-0.2, 0) is 0 Å². The Morgan fingerprint density at radius 3 is 2.47 bits per heavy atom. The van der Waals surface area contributed by atoms with Crippen LogP contribution in [0.5, 0.6) is 0 Å². The Kier molecular flexibility index (Phi) is 3.45. The monoisotopic (exact) mass is 237 g/mol. The van der Waals surface area contributed by atoms with E-state index in [1.54, 1.807) is 0 Å². The molecule has 0 amide bonds. The molecular formula is C12H19N3O2. The molecule has 0 unspecified atom stereocenters. The summed E-state index contributed by atoms with van der Waals surface area (Å²) in [6.07, 6.45) is 5.65. The molecule has 0 bridgehead atoms. The van der Waals surface area contributed by atoms with Gasteiger partial charge in [0.05, 0.1) is 6.04 Å². The third-order valence-corrected chi connectivity index (χ3v) is 3.31. The molecule has 2 rings (SSSR count). The topological polar surface area (TPSA) is 68.0 Å². The summed E-state index contributed by atoms with van der Waals surface area (Å²) in [6.45, 7) is 3.91. The van der Waals surface area contributed by atoms with Crippen LogP contribution in [0.15, 0.2) is 0 Å². The van der Waals surface area contributed by atoms with E-state index >= 15 is 0 Å². The third kappa shape index (κ3) is 2.48. The van der Waals surface area contributed by atoms with Gasteiger partial charge in [-0.1, -0.05) is 19.3 Å². The number of aromatic carboxylic acids is 1. The predicted molar refractivity (Wildman–Crippen MR) is 63.2 cm³/mol. The highest BCUT2D eigenvalue weighted by Gasteiger charge is 2.26. The minimum Gasteiger partial charge on any atom is -0.476 e. The Hall–Kier alpha value is -1.39. The van der Waals surface area contributed by atoms with Crippen molar-refractivity contribution in [3.8, 4) is 0 Å². The van der Waals surface area contributed by atoms with E-state index in [2.05, 4.69) is 10.2 Å². The summed E-state index contributed by atoms with van der Waals surface area (Å²) in [5.74, 6) is -0.681. The Labute approximate surface area is 101 Å². The second-order valence-corrected chi connectivity index (χ2v) is 4.99. The van der Waals surface area contributed by atoms with E-state index in [1.807, 2.05) is 13.8 Å². The smallest absolute Gasteiger partial charge is 0.358 e. The molecule has 0 saturated heterocycles. The molecule has 1 N–H and O–H groups in total. The second-order valence-electron chi connectivity index (χ2n) is 4.99. The van der Waals surface area contributed by atoms with Crippen LogP contribution in [0.2, 0.25) is 0 Å². The zero-order valence-electron chi connectivity index (χ0n) is 10.4. The average Bonchev–Trinajstić information content (AvgIpc) is 2.75. The molecule has 1 saturated carbocycles. The molecule has 94 valence electrons. The fourth-order valence-electron chi connectivity index (χ4n) is 2.37. The first-order valence-electron chi connectivity index (χ1n) is 6.29. The van der Waals surface area contributed by atoms with Gasteiger partial charge in [0, 0.05) is 5.92 Å². The molecule has 0 atom stereocenters. The Morgan fingerprint density at radius 2 is 1.94 bits per heavy atom. The van der Waals surface area contributed by atoms with E-state index < -0.39 is 5.97 Å². The minimum atomic E-state index is -0.961. The van der Waals surface area contributed by atoms with Crippen molar-refractivity contribution in [3.05, 3.63) is 11.4 Å². The highest BCUT2D eigenvalue weighted by Crippen LogP contribution is 2.33. The van der Waals surface area contributed by atoms with Crippen molar-refractivity contribution in [2.45, 2.75) is 57.9 Å². The number of nitrogens with zero attached hydrogens (tertiary/aromatic N) is 3. The lowest BCUT2D eigenvalue weighted by Crippen LogP contribution is -2.10. The van der Waals surface area contributed by atoms with Crippen LogP contribution >= 0.6 is 0 Å². The number of carboxylic acid groups (broad SMARTS) is 1. The van der Waals surface area contributed by atoms with Crippen LogP contribution in [0.25, 0.3) is 0 Å². The largest absolute Gasteiger partial charge is 0.476 e. The molecule has 1 heterocycles. The van der Waals surface area contributed by atoms with E-state index in [-0.39, 0.29) is 17.7 Å². The van der Waals surface area contributed by atoms with Crippen LogP contribution in [0.3, 0.4) is 0 Å². The lowest BCUT2D eigenvalue weighted by Gasteiger charge is -2.19. The van der Waals surface area contributed by atoms with Crippen molar-refractivity contribution < 1.29 is 9.90 Å². The minimum absolute atomic E-state index is 0.102. The molecule has 0 radical (unpaired) electrons. The van der Waals surface area contributed by atoms with E-state index in [0.717, 1.165) is 25.7 Å². The van der Waals surface area contributed by atoms with Crippen LogP contribution in [-0.4, -0.2) is 26.1 Å². The summed E-state index contributed by atoms with van der Waals surface area (Å²) in [5, 5.41) is 17.6. The highest BCUT2D eigenvalue weighted by atomic mass is 16.4. The molecule has 1 aromatic rings. The number of hydrogen-bond acceptors (Lipinski definition) is 3. The molecule has 0 spiro atoms. The quantitative estimate of drug-likeness (QED) is 0.877. The number of carbonyl (C=O) groups is 1. The Morgan fingerprint density at radius 1 is 1.29 bits per heavy atom. The average molecular weight is 237 g/mol. The standard InChI is InChI=1S/C12H19N3O2/c1-8(2)15-13-10(11(14-15)12(16)17)9-6-4-3-5-7-9/h8-9H,3-7H2,1-2H3,(H,16,17). The SMILES string of the molecule is CC(C)n1nc(C(=O)O)c(C2CCCCC2)n1. The number of aromatic nitrogens is 3. The van der Waals surface area contributed by atoms with Crippen molar-refractivity contribution in [2.24, 2.45) is 0 Å². The Bertz CT molecular complexity index is 406. The van der Waals surface area contributed by atoms with Gasteiger partial charge in [0.25, 0.3) is 0 Å². The molecular weight excluding hydrogens is 218 g/mol. The normalized spacial score (nSPS) is 17.6. The van der Waals surface area contributed by atoms with Gasteiger partial charge in [0.15, 0.2) is 5.69 Å². The van der Waals surface area contributed by atoms with Gasteiger partial charge in [0.2, 0.25) is 0 Å². The fraction of sp³-hybridized carbons (Fsp3) is 0.750. The van der Waals surface area contributed by atoms with Gasteiger partial charge in [-0.05, 0) is 26.7 Å². The summed E-state index contributed by atoms with van der Waals surface area (Å²) < 4.78 is 0. The maximum atomic E-state index is 11.2. The van der Waals surface area contributed by atoms with E-state index in [1.165, 1.54) is 11.2 Å². The van der Waals surface area contributed by atoms with Crippen molar-refractivity contribution in [2.75, 3.05) is 0 Å². The van der Waals surface area contributed by atoms with Gasteiger partial charge in [0.1, 0.15) is 5.69 Å². The summed E-state index contributed by atoms with van der Waals surface area (Å²) in [6, 6.07) is 0.102. The first-order chi connectivity index (χ1) is 8.09. The maximum Gasteiger partial charge on any atom is 0.358 e. The van der Waals surface area contributed by atoms with E-state index in [0.29, 0.717) is 5.69 Å². The summed E-state index contributed by atoms with van der Waals surface area (Å²) in [5.41, 5.74) is 0.830. The maximum absolute atomic E-state index is 11.2. The highest BCUT2D eigenvalue weighted by molar-refractivity contribution is 5.86. The second kappa shape index (κ2) is 4.85. The summed E-state index contributed by atoms with van der Waals surface area (Å²) >= 11 is 0. The molecule has 1 aliphatic rings. The van der Waals surface area contributed by atoms with Crippen molar-refractivity contribution in [1.29, 1.82) is 0 Å². The van der Waals surface area contributed by atoms with Crippen molar-refractivity contribution in [3.63, 3.8) is 0 Å². The lowest BCUT2D eigenvalue weighted by atomic mass is 9.86. The summed E-state index contributed by atoms with van der Waals surface area (Å²) in [4.78, 5) is 12.7. The van der Waals surface area contributed by atoms with E-state index in [9.17, 15) is 9.90 Å². The van der Waals surface area contributed by atoms with Crippen LogP contribution < -0.4 is 0 Å². The number of rotatable bonds is 3. The predicted octanol–water partition coefficient (Wildman–Crippen LogP) is 2.60. The summed E-state index contributed by atoms with van der Waals surface area (Å²) in [7, 11) is 0. The molecule has 1 aromatic heterocycles. The van der Waals surface area contributed by atoms with Gasteiger partial charge >= 0.3 is 5.97 Å². The van der Waals surface area contributed by atoms with Gasteiger partial charge in [-0.15, -0.1) is 5.10 Å². The first kappa shape index (κ1) is 12.1. The van der Waals surface area contributed by atoms with Crippen molar-refractivity contribution >= 4 is 5.97 Å². The molecule has 1 aliphatic carbocycles. The fourth-order valence-corrected chi connectivity index (χ4v) is 2.37. The number of hydrogen-bond donors (Lipinski definition) is 1. The first-order valence-corrected chi connectivity index (χ1v) is 6.29. The molecule has 5 nitrogen and oxygen atoms in total. The van der Waals surface area contributed by atoms with Gasteiger partial charge in [-0.3, -0.25) is 0 Å². The number of carboxylic acids is 1. The zero-order chi connectivity index (χ0) is 12.4. The molecule has 5 heteroatoms. The van der Waals surface area contributed by atoms with Crippen molar-refractivity contribution in [1.82, 2.24) is 15.0 Å². The molecule has 0 aromatic carbocycles. The Balaban J connectivity index is 2.32.